The van der Waals surface area contributed by atoms with Crippen molar-refractivity contribution in [1.29, 1.82) is 0 Å². The molecule has 3 heterocycles. The number of likely N-dealkylation sites (tertiary alicyclic amines) is 1. The van der Waals surface area contributed by atoms with Crippen LogP contribution in [0.1, 0.15) is 29.1 Å². The molecular formula is C24H25F6N7O2S. The van der Waals surface area contributed by atoms with E-state index >= 15 is 0 Å². The molecule has 0 bridgehead atoms. The average Bonchev–Trinajstić information content (AvgIpc) is 3.27. The lowest BCUT2D eigenvalue weighted by Gasteiger charge is -2.31. The van der Waals surface area contributed by atoms with Crippen molar-refractivity contribution in [2.24, 2.45) is 0 Å². The van der Waals surface area contributed by atoms with Gasteiger partial charge in [-0.2, -0.15) is 41.3 Å². The van der Waals surface area contributed by atoms with E-state index in [1.807, 2.05) is 17.2 Å². The van der Waals surface area contributed by atoms with Gasteiger partial charge < -0.3 is 15.4 Å². The normalized spacial score (nSPS) is 15.2. The highest BCUT2D eigenvalue weighted by atomic mass is 32.1. The Balaban J connectivity index is 1.40. The molecule has 40 heavy (non-hydrogen) atoms. The zero-order chi connectivity index (χ0) is 28.9. The van der Waals surface area contributed by atoms with Gasteiger partial charge in [-0.15, -0.1) is 11.3 Å². The van der Waals surface area contributed by atoms with Gasteiger partial charge in [0, 0.05) is 35.9 Å². The molecule has 216 valence electrons. The maximum absolute atomic E-state index is 13.1. The van der Waals surface area contributed by atoms with Crippen LogP contribution in [0.15, 0.2) is 29.6 Å². The first-order valence-corrected chi connectivity index (χ1v) is 13.0. The van der Waals surface area contributed by atoms with Gasteiger partial charge in [-0.3, -0.25) is 9.69 Å². The Labute approximate surface area is 229 Å². The number of thiazole rings is 1. The largest absolute Gasteiger partial charge is 0.454 e. The van der Waals surface area contributed by atoms with Gasteiger partial charge in [0.1, 0.15) is 5.01 Å². The molecule has 2 N–H and O–H groups in total. The average molecular weight is 590 g/mol. The van der Waals surface area contributed by atoms with Crippen LogP contribution in [-0.4, -0.2) is 69.1 Å². The number of alkyl halides is 6. The minimum Gasteiger partial charge on any atom is -0.454 e. The number of ether oxygens (including phenoxy) is 1. The Morgan fingerprint density at radius 2 is 1.80 bits per heavy atom. The molecule has 0 aliphatic carbocycles. The summed E-state index contributed by atoms with van der Waals surface area (Å²) >= 11 is 1.44. The van der Waals surface area contributed by atoms with E-state index in [2.05, 4.69) is 35.3 Å². The first kappa shape index (κ1) is 29.5. The number of benzene rings is 1. The molecule has 1 aromatic carbocycles. The molecule has 1 saturated heterocycles. The van der Waals surface area contributed by atoms with Crippen molar-refractivity contribution in [3.63, 3.8) is 0 Å². The van der Waals surface area contributed by atoms with Gasteiger partial charge in [0.25, 0.3) is 0 Å². The lowest BCUT2D eigenvalue weighted by molar-refractivity contribution is -0.154. The van der Waals surface area contributed by atoms with E-state index in [1.165, 1.54) is 23.5 Å². The fourth-order valence-electron chi connectivity index (χ4n) is 3.97. The number of rotatable bonds is 10. The molecular weight excluding hydrogens is 564 g/mol. The lowest BCUT2D eigenvalue weighted by atomic mass is 10.0. The van der Waals surface area contributed by atoms with Crippen LogP contribution < -0.4 is 15.4 Å². The molecule has 0 saturated carbocycles. The highest BCUT2D eigenvalue weighted by Gasteiger charge is 2.31. The van der Waals surface area contributed by atoms with E-state index in [4.69, 9.17) is 0 Å². The predicted octanol–water partition coefficient (Wildman–Crippen LogP) is 5.03. The Kier molecular flexibility index (Phi) is 9.08. The zero-order valence-corrected chi connectivity index (χ0v) is 22.0. The van der Waals surface area contributed by atoms with Crippen molar-refractivity contribution < 1.29 is 35.9 Å². The highest BCUT2D eigenvalue weighted by molar-refractivity contribution is 7.09. The van der Waals surface area contributed by atoms with Gasteiger partial charge in [-0.25, -0.2) is 4.98 Å². The van der Waals surface area contributed by atoms with Crippen molar-refractivity contribution in [3.8, 4) is 6.01 Å². The van der Waals surface area contributed by atoms with Crippen LogP contribution in [0.25, 0.3) is 0 Å². The summed E-state index contributed by atoms with van der Waals surface area (Å²) in [5.74, 6) is -0.347. The summed E-state index contributed by atoms with van der Waals surface area (Å²) in [4.78, 5) is 30.5. The minimum atomic E-state index is -4.66. The smallest absolute Gasteiger partial charge is 0.422 e. The molecule has 0 atom stereocenters. The third-order valence-electron chi connectivity index (χ3n) is 5.76. The lowest BCUT2D eigenvalue weighted by Crippen LogP contribution is -2.42. The van der Waals surface area contributed by atoms with Crippen molar-refractivity contribution in [3.05, 3.63) is 45.9 Å². The molecule has 0 spiro atoms. The molecule has 4 rings (SSSR count). The van der Waals surface area contributed by atoms with Crippen molar-refractivity contribution in [2.45, 2.75) is 44.6 Å². The van der Waals surface area contributed by atoms with Crippen molar-refractivity contribution in [1.82, 2.24) is 24.8 Å². The number of aryl methyl sites for hydroxylation is 1. The quantitative estimate of drug-likeness (QED) is 0.315. The van der Waals surface area contributed by atoms with E-state index in [-0.39, 0.29) is 42.4 Å². The second-order valence-corrected chi connectivity index (χ2v) is 10.1. The van der Waals surface area contributed by atoms with Gasteiger partial charge in [0.15, 0.2) is 12.4 Å². The number of ketones is 1. The second-order valence-electron chi connectivity index (χ2n) is 9.17. The number of nitrogens with zero attached hydrogens (tertiary/aromatic N) is 5. The van der Waals surface area contributed by atoms with Crippen LogP contribution in [0.5, 0.6) is 6.01 Å². The number of hydrogen-bond donors (Lipinski definition) is 2. The first-order chi connectivity index (χ1) is 18.8. The molecule has 2 aromatic heterocycles. The maximum Gasteiger partial charge on any atom is 0.422 e. The molecule has 1 aliphatic rings. The number of carbonyl (C=O) groups is 1. The van der Waals surface area contributed by atoms with E-state index in [1.54, 1.807) is 0 Å². The molecule has 1 aliphatic heterocycles. The predicted molar refractivity (Wildman–Crippen MR) is 135 cm³/mol. The third-order valence-corrected chi connectivity index (χ3v) is 6.73. The topological polar surface area (TPSA) is 105 Å². The summed E-state index contributed by atoms with van der Waals surface area (Å²) < 4.78 is 82.0. The second kappa shape index (κ2) is 12.3. The number of Topliss-reactive ketones (excluding diaryl/α,β-unsaturated/α-hetero) is 1. The summed E-state index contributed by atoms with van der Waals surface area (Å²) in [6, 6.07) is 3.37. The van der Waals surface area contributed by atoms with Crippen LogP contribution in [0.2, 0.25) is 0 Å². The van der Waals surface area contributed by atoms with Crippen LogP contribution in [-0.2, 0) is 17.4 Å². The Morgan fingerprint density at radius 1 is 1.07 bits per heavy atom. The van der Waals surface area contributed by atoms with Crippen LogP contribution >= 0.6 is 11.3 Å². The minimum absolute atomic E-state index is 0.0281. The van der Waals surface area contributed by atoms with Crippen LogP contribution in [0, 0.1) is 6.92 Å². The van der Waals surface area contributed by atoms with Gasteiger partial charge in [-0.1, -0.05) is 6.07 Å². The summed E-state index contributed by atoms with van der Waals surface area (Å²) in [7, 11) is 0. The summed E-state index contributed by atoms with van der Waals surface area (Å²) in [6.07, 6.45) is -7.81. The van der Waals surface area contributed by atoms with Gasteiger partial charge in [-0.05, 0) is 38.0 Å². The number of nitrogens with one attached hydrogen (secondary N) is 2. The summed E-state index contributed by atoms with van der Waals surface area (Å²) in [5, 5.41) is 8.26. The Hall–Kier alpha value is -3.53. The molecule has 0 unspecified atom stereocenters. The summed E-state index contributed by atoms with van der Waals surface area (Å²) in [5.41, 5.74) is -0.0803. The SMILES string of the molecule is Cc1csc(CC(=O)CN2CCC(Nc3nc(Nc4cccc(C(F)(F)F)c4)nc(OCC(F)(F)F)n3)CC2)n1. The molecule has 1 fully saturated rings. The summed E-state index contributed by atoms with van der Waals surface area (Å²) in [6.45, 7) is 1.64. The molecule has 9 nitrogen and oxygen atoms in total. The van der Waals surface area contributed by atoms with Gasteiger partial charge in [0.05, 0.1) is 18.5 Å². The standard InChI is InChI=1S/C24H25F6N7O2S/c1-14-12-40-19(31-14)10-18(38)11-37-7-5-16(6-8-37)32-20-34-21(36-22(35-20)39-13-23(25,26)27)33-17-4-2-3-15(9-17)24(28,29)30/h2-4,9,12,16H,5-8,10-11,13H2,1H3,(H2,32,33,34,35,36). The molecule has 3 aromatic rings. The fraction of sp³-hybridized carbons (Fsp3) is 0.458. The van der Waals surface area contributed by atoms with Crippen molar-refractivity contribution in [2.75, 3.05) is 36.9 Å². The van der Waals surface area contributed by atoms with Gasteiger partial charge >= 0.3 is 18.4 Å². The Morgan fingerprint density at radius 3 is 2.45 bits per heavy atom. The zero-order valence-electron chi connectivity index (χ0n) is 21.1. The van der Waals surface area contributed by atoms with Crippen LogP contribution in [0.3, 0.4) is 0 Å². The number of carbonyl (C=O) groups excluding carboxylic acids is 1. The highest BCUT2D eigenvalue weighted by Crippen LogP contribution is 2.31. The monoisotopic (exact) mass is 589 g/mol. The number of aromatic nitrogens is 4. The van der Waals surface area contributed by atoms with E-state index in [0.29, 0.717) is 25.9 Å². The first-order valence-electron chi connectivity index (χ1n) is 12.1. The van der Waals surface area contributed by atoms with E-state index < -0.39 is 30.5 Å². The van der Waals surface area contributed by atoms with Gasteiger partial charge in [0.2, 0.25) is 11.9 Å². The third kappa shape index (κ3) is 9.01. The number of hydrogen-bond acceptors (Lipinski definition) is 10. The van der Waals surface area contributed by atoms with E-state index in [0.717, 1.165) is 22.8 Å². The Bertz CT molecular complexity index is 1310. The molecule has 0 amide bonds. The van der Waals surface area contributed by atoms with E-state index in [9.17, 15) is 31.1 Å². The number of anilines is 3. The maximum atomic E-state index is 13.1. The molecule has 0 radical (unpaired) electrons. The number of piperidine rings is 1. The fourth-order valence-corrected chi connectivity index (χ4v) is 4.77. The van der Waals surface area contributed by atoms with Crippen LogP contribution in [0.4, 0.5) is 43.9 Å². The number of halogens is 6. The van der Waals surface area contributed by atoms with Crippen molar-refractivity contribution >= 4 is 34.7 Å². The molecule has 16 heteroatoms.